The number of ether oxygens (including phenoxy) is 1. The Balaban J connectivity index is 2.62. The molecule has 170 valence electrons. The summed E-state index contributed by atoms with van der Waals surface area (Å²) in [4.78, 5) is 35.9. The van der Waals surface area contributed by atoms with Crippen molar-refractivity contribution in [1.29, 1.82) is 0 Å². The maximum Gasteiger partial charge on any atom is 0.419 e. The van der Waals surface area contributed by atoms with Crippen molar-refractivity contribution in [3.05, 3.63) is 40.1 Å². The molecule has 0 saturated heterocycles. The molecule has 1 amide bonds. The van der Waals surface area contributed by atoms with Gasteiger partial charge < -0.3 is 15.2 Å². The average Bonchev–Trinajstić information content (AvgIpc) is 2.97. The van der Waals surface area contributed by atoms with Gasteiger partial charge in [-0.1, -0.05) is 20.8 Å². The number of amides is 1. The second-order valence-electron chi connectivity index (χ2n) is 9.60. The first kappa shape index (κ1) is 24.3. The van der Waals surface area contributed by atoms with Crippen LogP contribution in [0.1, 0.15) is 59.4 Å². The van der Waals surface area contributed by atoms with E-state index in [1.165, 1.54) is 10.8 Å². The SMILES string of the molecule is CC(C)(C)OC(=O)n1cc(C(CCO)C[N+](=O)[O-])c2cc(NC(=O)C(C)(C)C)ccc21. The van der Waals surface area contributed by atoms with Gasteiger partial charge in [0.15, 0.2) is 0 Å². The largest absolute Gasteiger partial charge is 0.443 e. The van der Waals surface area contributed by atoms with Gasteiger partial charge in [0.05, 0.1) is 11.4 Å². The van der Waals surface area contributed by atoms with Gasteiger partial charge in [-0.3, -0.25) is 19.5 Å². The number of rotatable bonds is 6. The van der Waals surface area contributed by atoms with Gasteiger partial charge in [-0.05, 0) is 51.0 Å². The van der Waals surface area contributed by atoms with E-state index in [0.29, 0.717) is 22.2 Å². The van der Waals surface area contributed by atoms with E-state index in [1.54, 1.807) is 59.7 Å². The second-order valence-corrected chi connectivity index (χ2v) is 9.60. The molecule has 0 saturated carbocycles. The first-order valence-corrected chi connectivity index (χ1v) is 10.2. The minimum Gasteiger partial charge on any atom is -0.443 e. The lowest BCUT2D eigenvalue weighted by molar-refractivity contribution is -0.483. The maximum absolute atomic E-state index is 12.8. The van der Waals surface area contributed by atoms with E-state index >= 15 is 0 Å². The smallest absolute Gasteiger partial charge is 0.419 e. The molecular formula is C22H31N3O6. The maximum atomic E-state index is 12.8. The Bertz CT molecular complexity index is 982. The van der Waals surface area contributed by atoms with E-state index in [1.807, 2.05) is 0 Å². The molecule has 0 aliphatic rings. The topological polar surface area (TPSA) is 124 Å². The van der Waals surface area contributed by atoms with Crippen LogP contribution < -0.4 is 5.32 Å². The van der Waals surface area contributed by atoms with Crippen LogP contribution in [0.25, 0.3) is 10.9 Å². The second kappa shape index (κ2) is 9.05. The molecule has 2 N–H and O–H groups in total. The fourth-order valence-electron chi connectivity index (χ4n) is 3.12. The standard InChI is InChI=1S/C22H31N3O6/c1-21(2,3)19(27)23-15-7-8-18-16(11-15)17(14(9-10-26)12-25(29)30)13-24(18)20(28)31-22(4,5)6/h7-8,11,13-14,26H,9-10,12H2,1-6H3,(H,23,27). The van der Waals surface area contributed by atoms with E-state index in [4.69, 9.17) is 4.74 Å². The highest BCUT2D eigenvalue weighted by Crippen LogP contribution is 2.33. The summed E-state index contributed by atoms with van der Waals surface area (Å²) >= 11 is 0. The zero-order valence-electron chi connectivity index (χ0n) is 18.9. The molecule has 0 aliphatic carbocycles. The lowest BCUT2D eigenvalue weighted by atomic mass is 9.94. The molecule has 1 aromatic heterocycles. The third kappa shape index (κ3) is 6.27. The summed E-state index contributed by atoms with van der Waals surface area (Å²) in [6.07, 6.45) is 1.07. The third-order valence-corrected chi connectivity index (χ3v) is 4.65. The number of carbonyl (C=O) groups is 2. The summed E-state index contributed by atoms with van der Waals surface area (Å²) in [6, 6.07) is 5.04. The summed E-state index contributed by atoms with van der Waals surface area (Å²) in [7, 11) is 0. The summed E-state index contributed by atoms with van der Waals surface area (Å²) in [6.45, 7) is 9.99. The van der Waals surface area contributed by atoms with Crippen LogP contribution in [-0.2, 0) is 9.53 Å². The average molecular weight is 434 g/mol. The summed E-state index contributed by atoms with van der Waals surface area (Å²) in [5.41, 5.74) is 0.229. The molecule has 0 radical (unpaired) electrons. The summed E-state index contributed by atoms with van der Waals surface area (Å²) in [5, 5.41) is 24.1. The predicted octanol–water partition coefficient (Wildman–Crippen LogP) is 4.15. The number of anilines is 1. The van der Waals surface area contributed by atoms with Crippen LogP contribution in [0.15, 0.2) is 24.4 Å². The Kier molecular flexibility index (Phi) is 7.10. The molecule has 2 aromatic rings. The van der Waals surface area contributed by atoms with Crippen molar-refractivity contribution in [1.82, 2.24) is 4.57 Å². The van der Waals surface area contributed by atoms with Crippen molar-refractivity contribution in [3.63, 3.8) is 0 Å². The zero-order valence-corrected chi connectivity index (χ0v) is 18.9. The van der Waals surface area contributed by atoms with Gasteiger partial charge in [-0.2, -0.15) is 0 Å². The number of nitrogens with one attached hydrogen (secondary N) is 1. The number of hydrogen-bond acceptors (Lipinski definition) is 6. The minimum absolute atomic E-state index is 0.160. The van der Waals surface area contributed by atoms with Gasteiger partial charge in [0, 0.05) is 34.2 Å². The monoisotopic (exact) mass is 433 g/mol. The normalized spacial score (nSPS) is 13.1. The Morgan fingerprint density at radius 1 is 1.23 bits per heavy atom. The molecule has 0 fully saturated rings. The molecule has 9 nitrogen and oxygen atoms in total. The van der Waals surface area contributed by atoms with Gasteiger partial charge in [0.2, 0.25) is 12.5 Å². The molecule has 0 spiro atoms. The van der Waals surface area contributed by atoms with Crippen LogP contribution in [0, 0.1) is 15.5 Å². The highest BCUT2D eigenvalue weighted by Gasteiger charge is 2.27. The highest BCUT2D eigenvalue weighted by molar-refractivity contribution is 5.99. The molecule has 9 heteroatoms. The van der Waals surface area contributed by atoms with Gasteiger partial charge in [0.25, 0.3) is 0 Å². The number of aliphatic hydroxyl groups is 1. The molecule has 1 unspecified atom stereocenters. The molecule has 1 atom stereocenters. The van der Waals surface area contributed by atoms with E-state index in [-0.39, 0.29) is 18.9 Å². The van der Waals surface area contributed by atoms with E-state index in [0.717, 1.165) is 0 Å². The zero-order chi connectivity index (χ0) is 23.6. The Hall–Kier alpha value is -2.94. The first-order valence-electron chi connectivity index (χ1n) is 10.2. The van der Waals surface area contributed by atoms with Crippen LogP contribution >= 0.6 is 0 Å². The summed E-state index contributed by atoms with van der Waals surface area (Å²) < 4.78 is 6.79. The number of aliphatic hydroxyl groups excluding tert-OH is 1. The lowest BCUT2D eigenvalue weighted by Gasteiger charge is -2.20. The molecule has 1 aromatic carbocycles. The molecule has 1 heterocycles. The lowest BCUT2D eigenvalue weighted by Crippen LogP contribution is -2.27. The number of hydrogen-bond donors (Lipinski definition) is 2. The summed E-state index contributed by atoms with van der Waals surface area (Å²) in [5.74, 6) is -0.795. The van der Waals surface area contributed by atoms with Crippen molar-refractivity contribution in [2.24, 2.45) is 5.41 Å². The van der Waals surface area contributed by atoms with Gasteiger partial charge in [0.1, 0.15) is 5.60 Å². The predicted molar refractivity (Wildman–Crippen MR) is 118 cm³/mol. The van der Waals surface area contributed by atoms with Crippen LogP contribution in [-0.4, -0.2) is 45.4 Å². The third-order valence-electron chi connectivity index (χ3n) is 4.65. The van der Waals surface area contributed by atoms with Crippen molar-refractivity contribution in [2.75, 3.05) is 18.5 Å². The Labute approximate surface area is 181 Å². The van der Waals surface area contributed by atoms with Crippen LogP contribution in [0.2, 0.25) is 0 Å². The minimum atomic E-state index is -0.722. The molecule has 31 heavy (non-hydrogen) atoms. The van der Waals surface area contributed by atoms with Crippen molar-refractivity contribution in [3.8, 4) is 0 Å². The number of nitrogens with zero attached hydrogens (tertiary/aromatic N) is 2. The van der Waals surface area contributed by atoms with Crippen molar-refractivity contribution in [2.45, 2.75) is 59.5 Å². The van der Waals surface area contributed by atoms with Crippen molar-refractivity contribution >= 4 is 28.6 Å². The van der Waals surface area contributed by atoms with E-state index in [2.05, 4.69) is 5.32 Å². The van der Waals surface area contributed by atoms with E-state index in [9.17, 15) is 24.8 Å². The number of fused-ring (bicyclic) bond motifs is 1. The molecular weight excluding hydrogens is 402 g/mol. The number of benzene rings is 1. The highest BCUT2D eigenvalue weighted by atomic mass is 16.6. The Morgan fingerprint density at radius 3 is 2.39 bits per heavy atom. The first-order chi connectivity index (χ1) is 14.2. The van der Waals surface area contributed by atoms with Gasteiger partial charge >= 0.3 is 6.09 Å². The quantitative estimate of drug-likeness (QED) is 0.521. The number of aromatic nitrogens is 1. The van der Waals surface area contributed by atoms with Gasteiger partial charge in [-0.15, -0.1) is 0 Å². The Morgan fingerprint density at radius 2 is 1.87 bits per heavy atom. The van der Waals surface area contributed by atoms with Gasteiger partial charge in [-0.25, -0.2) is 4.79 Å². The fourth-order valence-corrected chi connectivity index (χ4v) is 3.12. The molecule has 0 bridgehead atoms. The number of carbonyl (C=O) groups excluding carboxylic acids is 2. The number of nitro groups is 1. The van der Waals surface area contributed by atoms with Crippen LogP contribution in [0.5, 0.6) is 0 Å². The fraction of sp³-hybridized carbons (Fsp3) is 0.545. The van der Waals surface area contributed by atoms with Crippen molar-refractivity contribution < 1.29 is 24.4 Å². The van der Waals surface area contributed by atoms with E-state index < -0.39 is 34.5 Å². The van der Waals surface area contributed by atoms with Crippen LogP contribution in [0.3, 0.4) is 0 Å². The van der Waals surface area contributed by atoms with Crippen LogP contribution in [0.4, 0.5) is 10.5 Å². The molecule has 2 rings (SSSR count). The molecule has 0 aliphatic heterocycles.